The molecule has 0 saturated carbocycles. The van der Waals surface area contributed by atoms with Crippen molar-refractivity contribution in [1.29, 1.82) is 0 Å². The van der Waals surface area contributed by atoms with Crippen molar-refractivity contribution in [3.05, 3.63) is 397 Å². The second kappa shape index (κ2) is 37.5. The molecule has 8 heteroatoms. The van der Waals surface area contributed by atoms with E-state index in [1.165, 1.54) is 146 Å². The largest absolute Gasteiger partial charge is 0.265 e. The van der Waals surface area contributed by atoms with Crippen LogP contribution in [0, 0.1) is 55.4 Å². The molecule has 0 spiro atoms. The van der Waals surface area contributed by atoms with E-state index in [9.17, 15) is 0 Å². The summed E-state index contributed by atoms with van der Waals surface area (Å²) in [7, 11) is 0. The third-order valence-corrected chi connectivity index (χ3v) is 19.2. The van der Waals surface area contributed by atoms with Crippen LogP contribution in [0.5, 0.6) is 0 Å². The number of aryl methyl sites for hydroxylation is 6. The number of hydrogen-bond donors (Lipinski definition) is 0. The van der Waals surface area contributed by atoms with E-state index in [1.807, 2.05) is 98.4 Å². The van der Waals surface area contributed by atoms with Crippen molar-refractivity contribution in [3.63, 3.8) is 0 Å². The summed E-state index contributed by atoms with van der Waals surface area (Å²) in [5.41, 5.74) is 35.1. The first-order chi connectivity index (χ1) is 52.8. The molecule has 10 aromatic carbocycles. The number of hydrogen-bond acceptors (Lipinski definition) is 8. The number of rotatable bonds is 10. The molecule has 0 saturated heterocycles. The summed E-state index contributed by atoms with van der Waals surface area (Å²) in [5.74, 6) is 0.587. The zero-order chi connectivity index (χ0) is 76.7. The van der Waals surface area contributed by atoms with Crippen molar-refractivity contribution in [2.45, 2.75) is 101 Å². The lowest BCUT2D eigenvalue weighted by atomic mass is 9.84. The smallest absolute Gasteiger partial charge is 0.115 e. The van der Waals surface area contributed by atoms with Gasteiger partial charge in [-0.15, -0.1) is 0 Å². The van der Waals surface area contributed by atoms with Gasteiger partial charge in [0, 0.05) is 96.6 Å². The van der Waals surface area contributed by atoms with Crippen molar-refractivity contribution in [2.24, 2.45) is 0 Å². The summed E-state index contributed by atoms with van der Waals surface area (Å²) in [5, 5.41) is 2.57. The monoisotopic (exact) mass is 1420 g/mol. The van der Waals surface area contributed by atoms with Gasteiger partial charge in [-0.05, 0) is 278 Å². The van der Waals surface area contributed by atoms with Crippen LogP contribution in [0.15, 0.2) is 342 Å². The van der Waals surface area contributed by atoms with Gasteiger partial charge in [0.25, 0.3) is 0 Å². The van der Waals surface area contributed by atoms with Crippen LogP contribution in [0.4, 0.5) is 0 Å². The van der Waals surface area contributed by atoms with E-state index in [0.29, 0.717) is 5.92 Å². The van der Waals surface area contributed by atoms with Gasteiger partial charge < -0.3 is 0 Å². The molecule has 0 fully saturated rings. The van der Waals surface area contributed by atoms with E-state index in [-0.39, 0.29) is 5.41 Å². The summed E-state index contributed by atoms with van der Waals surface area (Å²) in [6, 6.07) is 90.0. The minimum absolute atomic E-state index is 0.267. The average molecular weight is 1420 g/mol. The molecule has 6 aromatic heterocycles. The molecule has 0 aliphatic carbocycles. The van der Waals surface area contributed by atoms with Crippen LogP contribution in [-0.2, 0) is 5.41 Å². The van der Waals surface area contributed by atoms with Gasteiger partial charge in [0.2, 0.25) is 0 Å². The molecule has 0 N–H and O–H groups in total. The zero-order valence-electron chi connectivity index (χ0n) is 65.0. The molecule has 0 amide bonds. The Bertz CT molecular complexity index is 5070. The normalized spacial score (nSPS) is 10.7. The van der Waals surface area contributed by atoms with Crippen LogP contribution in [0.3, 0.4) is 0 Å². The van der Waals surface area contributed by atoms with Crippen molar-refractivity contribution >= 4 is 10.8 Å². The fraction of sp³-hybridized carbons (Fsp3) is 0.149. The van der Waals surface area contributed by atoms with Crippen LogP contribution in [-0.4, -0.2) is 39.9 Å². The summed E-state index contributed by atoms with van der Waals surface area (Å²) >= 11 is 0. The highest BCUT2D eigenvalue weighted by atomic mass is 14.8. The Hall–Kier alpha value is -12.8. The lowest BCUT2D eigenvalue weighted by molar-refractivity contribution is 0.589. The van der Waals surface area contributed by atoms with Gasteiger partial charge in [0.05, 0.1) is 0 Å². The molecule has 16 aromatic rings. The van der Waals surface area contributed by atoms with Gasteiger partial charge in [-0.2, -0.15) is 0 Å². The van der Waals surface area contributed by atoms with Gasteiger partial charge in [0.1, 0.15) is 12.7 Å². The SMILES string of the molecule is Cc1c(-c2ccccc2)cccc1C(C)C.Cc1cc(-c2ccccc2)cc(-c2ccc3ccccc3c2)c1.Cc1cc(-c2cccnc2)cc(-c2cccnc2)c1.Cc1cc(-c2ccncc2)cc(-c2ccncc2)c1.Cc1cc(-c2cncnc2)cc(-c2cncnc2)c1.Cc1cc(C(C)(C)C)cc(C)c1C. The van der Waals surface area contributed by atoms with Gasteiger partial charge >= 0.3 is 0 Å². The second-order valence-corrected chi connectivity index (χ2v) is 29.0. The molecule has 8 nitrogen and oxygen atoms in total. The molecule has 0 bridgehead atoms. The summed E-state index contributed by atoms with van der Waals surface area (Å²) in [6.07, 6.45) is 25.0. The highest BCUT2D eigenvalue weighted by Crippen LogP contribution is 2.35. The van der Waals surface area contributed by atoms with Crippen molar-refractivity contribution in [3.8, 4) is 100 Å². The number of pyridine rings is 4. The van der Waals surface area contributed by atoms with Gasteiger partial charge in [-0.1, -0.05) is 223 Å². The maximum atomic E-state index is 4.18. The standard InChI is InChI=1S/C23H18.2C17H14N2.C16H18.C15H12N4.C13H20/c1-17-13-22(18-7-3-2-4-8-18)16-23(14-17)21-12-11-19-9-5-6-10-20(19)15-21;1-13-10-16(14-2-6-18-7-3-14)12-17(11-13)15-4-8-19-9-5-15;1-13-8-16(14-4-2-6-18-11-14)10-17(9-13)15-5-3-7-19-12-15;1-12(2)15-10-7-11-16(13(15)3)14-8-5-4-6-9-14;1-11-2-12(14-5-16-9-17-6-14)4-13(3-11)15-7-18-10-19-8-15;1-9-7-12(13(4,5)6)8-10(2)11(9)3/h2-16H,1H3;2*2-12H,1H3;4-12H,1-3H3;2-10H,1H3;7-8H,1-6H3. The van der Waals surface area contributed by atoms with Crippen molar-refractivity contribution < 1.29 is 0 Å². The van der Waals surface area contributed by atoms with E-state index >= 15 is 0 Å². The predicted octanol–water partition coefficient (Wildman–Crippen LogP) is 26.3. The van der Waals surface area contributed by atoms with Crippen LogP contribution in [0.2, 0.25) is 0 Å². The molecule has 0 unspecified atom stereocenters. The second-order valence-electron chi connectivity index (χ2n) is 29.0. The Morgan fingerprint density at radius 2 is 0.596 bits per heavy atom. The van der Waals surface area contributed by atoms with Crippen LogP contribution in [0.25, 0.3) is 111 Å². The third-order valence-electron chi connectivity index (χ3n) is 19.2. The van der Waals surface area contributed by atoms with E-state index < -0.39 is 0 Å². The lowest BCUT2D eigenvalue weighted by Gasteiger charge is -2.21. The van der Waals surface area contributed by atoms with E-state index in [2.05, 4.69) is 348 Å². The Morgan fingerprint density at radius 1 is 0.239 bits per heavy atom. The molecule has 109 heavy (non-hydrogen) atoms. The predicted molar refractivity (Wildman–Crippen MR) is 458 cm³/mol. The molecule has 540 valence electrons. The van der Waals surface area contributed by atoms with Crippen molar-refractivity contribution in [2.75, 3.05) is 0 Å². The van der Waals surface area contributed by atoms with Gasteiger partial charge in [0.15, 0.2) is 0 Å². The van der Waals surface area contributed by atoms with E-state index in [1.54, 1.807) is 12.4 Å². The molecular weight excluding hydrogens is 1330 g/mol. The minimum Gasteiger partial charge on any atom is -0.265 e. The Morgan fingerprint density at radius 3 is 1.00 bits per heavy atom. The minimum atomic E-state index is 0.267. The number of nitrogens with zero attached hydrogens (tertiary/aromatic N) is 8. The van der Waals surface area contributed by atoms with Crippen LogP contribution >= 0.6 is 0 Å². The quantitative estimate of drug-likeness (QED) is 0.133. The first kappa shape index (κ1) is 77.3. The third kappa shape index (κ3) is 21.7. The Balaban J connectivity index is 0.000000131. The summed E-state index contributed by atoms with van der Waals surface area (Å²) in [4.78, 5) is 32.7. The van der Waals surface area contributed by atoms with Crippen molar-refractivity contribution in [1.82, 2.24) is 39.9 Å². The van der Waals surface area contributed by atoms with Gasteiger partial charge in [-0.25, -0.2) is 19.9 Å². The Kier molecular flexibility index (Phi) is 26.6. The fourth-order valence-corrected chi connectivity index (χ4v) is 13.2. The fourth-order valence-electron chi connectivity index (χ4n) is 13.2. The first-order valence-corrected chi connectivity index (χ1v) is 37.2. The first-order valence-electron chi connectivity index (χ1n) is 37.2. The molecule has 0 aliphatic rings. The molecule has 0 atom stereocenters. The molecule has 0 radical (unpaired) electrons. The summed E-state index contributed by atoms with van der Waals surface area (Å²) < 4.78 is 0. The van der Waals surface area contributed by atoms with E-state index in [4.69, 9.17) is 0 Å². The summed E-state index contributed by atoms with van der Waals surface area (Å²) in [6.45, 7) is 28.5. The average Bonchev–Trinajstić information content (AvgIpc) is 0.817. The van der Waals surface area contributed by atoms with Crippen LogP contribution < -0.4 is 0 Å². The molecular formula is C101H96N8. The van der Waals surface area contributed by atoms with E-state index in [0.717, 1.165) is 33.4 Å². The topological polar surface area (TPSA) is 103 Å². The molecule has 6 heterocycles. The number of aromatic nitrogens is 8. The maximum absolute atomic E-state index is 4.18. The van der Waals surface area contributed by atoms with Crippen LogP contribution in [0.1, 0.15) is 96.2 Å². The number of fused-ring (bicyclic) bond motifs is 1. The van der Waals surface area contributed by atoms with Gasteiger partial charge in [-0.3, -0.25) is 19.9 Å². The highest BCUT2D eigenvalue weighted by molar-refractivity contribution is 5.88. The maximum Gasteiger partial charge on any atom is 0.115 e. The molecule has 16 rings (SSSR count). The number of benzene rings is 10. The Labute approximate surface area is 645 Å². The zero-order valence-corrected chi connectivity index (χ0v) is 65.0. The molecule has 0 aliphatic heterocycles. The lowest BCUT2D eigenvalue weighted by Crippen LogP contribution is -2.12. The highest BCUT2D eigenvalue weighted by Gasteiger charge is 2.16.